The number of carbonyl (C=O) groups is 1. The summed E-state index contributed by atoms with van der Waals surface area (Å²) in [7, 11) is -3.63. The van der Waals surface area contributed by atoms with Crippen LogP contribution in [0.1, 0.15) is 65.9 Å². The third kappa shape index (κ3) is 7.08. The average Bonchev–Trinajstić information content (AvgIpc) is 2.70. The highest BCUT2D eigenvalue weighted by Gasteiger charge is 2.23. The minimum atomic E-state index is -3.63. The number of para-hydroxylation sites is 1. The van der Waals surface area contributed by atoms with Crippen LogP contribution in [0.4, 0.5) is 5.69 Å². The summed E-state index contributed by atoms with van der Waals surface area (Å²) in [4.78, 5) is 12.9. The summed E-state index contributed by atoms with van der Waals surface area (Å²) < 4.78 is 33.5. The molecule has 7 heteroatoms. The van der Waals surface area contributed by atoms with Crippen molar-refractivity contribution in [1.29, 1.82) is 0 Å². The molecule has 1 amide bonds. The predicted molar refractivity (Wildman–Crippen MR) is 125 cm³/mol. The monoisotopic (exact) mass is 446 g/mol. The van der Waals surface area contributed by atoms with Crippen LogP contribution in [-0.4, -0.2) is 26.0 Å². The number of nitrogens with one attached hydrogen (secondary N) is 2. The number of sulfonamides is 1. The molecule has 0 heterocycles. The summed E-state index contributed by atoms with van der Waals surface area (Å²) in [6.45, 7) is 11.5. The number of rotatable bonds is 9. The van der Waals surface area contributed by atoms with Gasteiger partial charge >= 0.3 is 0 Å². The molecule has 2 aromatic carbocycles. The molecule has 0 saturated carbocycles. The normalized spacial score (nSPS) is 14.0. The first-order valence-corrected chi connectivity index (χ1v) is 12.2. The van der Waals surface area contributed by atoms with Crippen LogP contribution in [0.2, 0.25) is 0 Å². The molecule has 0 fully saturated rings. The number of hydrogen-bond donors (Lipinski definition) is 2. The summed E-state index contributed by atoms with van der Waals surface area (Å²) in [5.41, 5.74) is 1.01. The fourth-order valence-corrected chi connectivity index (χ4v) is 4.51. The lowest BCUT2D eigenvalue weighted by Crippen LogP contribution is -2.40. The Balaban J connectivity index is 2.12. The van der Waals surface area contributed by atoms with Crippen LogP contribution in [0.25, 0.3) is 0 Å². The topological polar surface area (TPSA) is 84.5 Å². The minimum absolute atomic E-state index is 0.145. The van der Waals surface area contributed by atoms with Crippen molar-refractivity contribution >= 4 is 21.6 Å². The number of hydrogen-bond acceptors (Lipinski definition) is 4. The number of anilines is 1. The summed E-state index contributed by atoms with van der Waals surface area (Å²) in [5.74, 6) is 0.770. The Bertz CT molecular complexity index is 979. The lowest BCUT2D eigenvalue weighted by Gasteiger charge is -2.22. The summed E-state index contributed by atoms with van der Waals surface area (Å²) in [6, 6.07) is 13.9. The van der Waals surface area contributed by atoms with Crippen molar-refractivity contribution in [3.63, 3.8) is 0 Å². The number of carbonyl (C=O) groups excluding carboxylic acids is 1. The van der Waals surface area contributed by atoms with Crippen LogP contribution in [0.3, 0.4) is 0 Å². The Labute approximate surface area is 186 Å². The molecule has 170 valence electrons. The highest BCUT2D eigenvalue weighted by Crippen LogP contribution is 2.29. The van der Waals surface area contributed by atoms with Crippen LogP contribution in [-0.2, 0) is 14.8 Å². The highest BCUT2D eigenvalue weighted by atomic mass is 32.2. The van der Waals surface area contributed by atoms with Gasteiger partial charge < -0.3 is 10.1 Å². The molecule has 0 aliphatic carbocycles. The van der Waals surface area contributed by atoms with Crippen LogP contribution >= 0.6 is 0 Å². The van der Waals surface area contributed by atoms with Gasteiger partial charge in [0.05, 0.1) is 4.90 Å². The molecule has 6 nitrogen and oxygen atoms in total. The summed E-state index contributed by atoms with van der Waals surface area (Å²) in [5, 5.41) is 2.82. The average molecular weight is 447 g/mol. The Morgan fingerprint density at radius 3 is 2.16 bits per heavy atom. The zero-order valence-electron chi connectivity index (χ0n) is 19.2. The molecule has 0 radical (unpaired) electrons. The van der Waals surface area contributed by atoms with Crippen LogP contribution in [0.15, 0.2) is 53.4 Å². The molecule has 2 N–H and O–H groups in total. The fraction of sp³-hybridized carbons (Fsp3) is 0.458. The summed E-state index contributed by atoms with van der Waals surface area (Å²) >= 11 is 0. The third-order valence-corrected chi connectivity index (χ3v) is 6.64. The van der Waals surface area contributed by atoms with Gasteiger partial charge in [-0.25, -0.2) is 13.1 Å². The molecule has 31 heavy (non-hydrogen) atoms. The van der Waals surface area contributed by atoms with E-state index in [-0.39, 0.29) is 10.8 Å². The van der Waals surface area contributed by atoms with Crippen molar-refractivity contribution in [3.05, 3.63) is 54.1 Å². The van der Waals surface area contributed by atoms with Gasteiger partial charge in [-0.2, -0.15) is 0 Å². The lowest BCUT2D eigenvalue weighted by molar-refractivity contribution is -0.122. The molecule has 0 bridgehead atoms. The van der Waals surface area contributed by atoms with Gasteiger partial charge in [-0.05, 0) is 75.4 Å². The zero-order chi connectivity index (χ0) is 23.2. The molecule has 2 atom stereocenters. The quantitative estimate of drug-likeness (QED) is 0.563. The van der Waals surface area contributed by atoms with E-state index in [4.69, 9.17) is 4.74 Å². The van der Waals surface area contributed by atoms with Crippen LogP contribution < -0.4 is 14.8 Å². The van der Waals surface area contributed by atoms with Crippen molar-refractivity contribution in [2.24, 2.45) is 0 Å². The molecule has 2 rings (SSSR count). The molecule has 2 aromatic rings. The second-order valence-electron chi connectivity index (χ2n) is 8.73. The summed E-state index contributed by atoms with van der Waals surface area (Å²) in [6.07, 6.45) is 0.821. The first kappa shape index (κ1) is 24.9. The largest absolute Gasteiger partial charge is 0.480 e. The standard InChI is InChI=1S/C24H34N2O4S/c1-7-17(3)20-11-9-10-12-22(20)30-21(8-2)23(27)25-18-13-15-19(16-14-18)31(28,29)26-24(4,5)6/h9-17,21,26H,7-8H2,1-6H3,(H,25,27). The van der Waals surface area contributed by atoms with Crippen molar-refractivity contribution in [2.75, 3.05) is 5.32 Å². The molecule has 0 saturated heterocycles. The van der Waals surface area contributed by atoms with E-state index in [9.17, 15) is 13.2 Å². The Hall–Kier alpha value is -2.38. The van der Waals surface area contributed by atoms with Gasteiger partial charge in [-0.1, -0.05) is 39.0 Å². The maximum atomic E-state index is 12.8. The molecular formula is C24H34N2O4S. The molecular weight excluding hydrogens is 412 g/mol. The molecule has 2 unspecified atom stereocenters. The smallest absolute Gasteiger partial charge is 0.265 e. The lowest BCUT2D eigenvalue weighted by atomic mass is 9.98. The Kier molecular flexibility index (Phi) is 8.26. The number of ether oxygens (including phenoxy) is 1. The maximum absolute atomic E-state index is 12.8. The highest BCUT2D eigenvalue weighted by molar-refractivity contribution is 7.89. The van der Waals surface area contributed by atoms with Gasteiger partial charge in [0.15, 0.2) is 6.10 Å². The van der Waals surface area contributed by atoms with Gasteiger partial charge in [0.2, 0.25) is 10.0 Å². The Morgan fingerprint density at radius 2 is 1.61 bits per heavy atom. The molecule has 0 aliphatic heterocycles. The van der Waals surface area contributed by atoms with E-state index in [1.807, 2.05) is 31.2 Å². The third-order valence-electron chi connectivity index (χ3n) is 4.87. The van der Waals surface area contributed by atoms with E-state index in [0.717, 1.165) is 12.0 Å². The second-order valence-corrected chi connectivity index (χ2v) is 10.4. The van der Waals surface area contributed by atoms with Crippen molar-refractivity contribution in [1.82, 2.24) is 4.72 Å². The van der Waals surface area contributed by atoms with Gasteiger partial charge in [-0.15, -0.1) is 0 Å². The number of amides is 1. The van der Waals surface area contributed by atoms with Crippen LogP contribution in [0.5, 0.6) is 5.75 Å². The van der Waals surface area contributed by atoms with Crippen molar-refractivity contribution in [2.45, 2.75) is 76.8 Å². The zero-order valence-corrected chi connectivity index (χ0v) is 20.0. The fourth-order valence-electron chi connectivity index (χ4n) is 3.09. The first-order valence-electron chi connectivity index (χ1n) is 10.7. The van der Waals surface area contributed by atoms with Crippen molar-refractivity contribution in [3.8, 4) is 5.75 Å². The molecule has 0 aliphatic rings. The van der Waals surface area contributed by atoms with Gasteiger partial charge in [0, 0.05) is 11.2 Å². The van der Waals surface area contributed by atoms with E-state index in [0.29, 0.717) is 23.8 Å². The SMILES string of the molecule is CCC(Oc1ccccc1C(C)CC)C(=O)Nc1ccc(S(=O)(=O)NC(C)(C)C)cc1. The number of benzene rings is 2. The van der Waals surface area contributed by atoms with E-state index >= 15 is 0 Å². The van der Waals surface area contributed by atoms with E-state index < -0.39 is 21.7 Å². The van der Waals surface area contributed by atoms with E-state index in [1.165, 1.54) is 12.1 Å². The van der Waals surface area contributed by atoms with Gasteiger partial charge in [0.25, 0.3) is 5.91 Å². The maximum Gasteiger partial charge on any atom is 0.265 e. The Morgan fingerprint density at radius 1 is 1.00 bits per heavy atom. The molecule has 0 spiro atoms. The predicted octanol–water partition coefficient (Wildman–Crippen LogP) is 5.07. The van der Waals surface area contributed by atoms with Crippen molar-refractivity contribution < 1.29 is 17.9 Å². The van der Waals surface area contributed by atoms with E-state index in [1.54, 1.807) is 32.9 Å². The van der Waals surface area contributed by atoms with Gasteiger partial charge in [-0.3, -0.25) is 4.79 Å². The van der Waals surface area contributed by atoms with E-state index in [2.05, 4.69) is 23.9 Å². The van der Waals surface area contributed by atoms with Gasteiger partial charge in [0.1, 0.15) is 5.75 Å². The molecule has 0 aromatic heterocycles. The minimum Gasteiger partial charge on any atom is -0.480 e. The first-order chi connectivity index (χ1) is 14.5. The second kappa shape index (κ2) is 10.3. The van der Waals surface area contributed by atoms with Crippen LogP contribution in [0, 0.1) is 0 Å².